The smallest absolute Gasteiger partial charge is 0.466 e. The third kappa shape index (κ3) is 29.0. The summed E-state index contributed by atoms with van der Waals surface area (Å²) in [5, 5.41) is 20.0. The van der Waals surface area contributed by atoms with Gasteiger partial charge in [0.25, 0.3) is 0 Å². The van der Waals surface area contributed by atoms with E-state index >= 15 is 0 Å². The molecule has 4 atom stereocenters. The van der Waals surface area contributed by atoms with Crippen molar-refractivity contribution in [3.63, 3.8) is 0 Å². The summed E-state index contributed by atoms with van der Waals surface area (Å²) >= 11 is 0. The van der Waals surface area contributed by atoms with Gasteiger partial charge >= 0.3 is 19.8 Å². The zero-order chi connectivity index (χ0) is 44.3. The van der Waals surface area contributed by atoms with E-state index < -0.39 is 44.7 Å². The molecule has 0 aliphatic carbocycles. The fraction of sp³-hybridized carbons (Fsp3) is 0.617. The minimum Gasteiger partial charge on any atom is -0.466 e. The Bertz CT molecular complexity index is 1530. The lowest BCUT2D eigenvalue weighted by molar-refractivity contribution is -0.161. The number of aliphatic hydroxyl groups excluding tert-OH is 2. The highest BCUT2D eigenvalue weighted by molar-refractivity contribution is 7.47. The number of hydrogen-bond donors (Lipinski definition) is 4. The summed E-state index contributed by atoms with van der Waals surface area (Å²) < 4.78 is 38.9. The van der Waals surface area contributed by atoms with Crippen molar-refractivity contribution in [3.05, 3.63) is 95.6 Å². The lowest BCUT2D eigenvalue weighted by Gasteiger charge is -2.19. The van der Waals surface area contributed by atoms with Crippen molar-refractivity contribution in [2.75, 3.05) is 26.4 Å². The number of rotatable bonds is 36. The van der Waals surface area contributed by atoms with Crippen molar-refractivity contribution in [2.45, 2.75) is 162 Å². The maximum absolute atomic E-state index is 12.6. The normalized spacial score (nSPS) is 15.0. The number of aliphatic hydroxyl groups is 2. The number of hydrogen-bond acceptors (Lipinski definition) is 11. The van der Waals surface area contributed by atoms with E-state index in [1.165, 1.54) is 24.0 Å². The Hall–Kier alpha value is -3.35. The molecule has 0 saturated heterocycles. The first-order valence-corrected chi connectivity index (χ1v) is 23.5. The molecule has 0 bridgehead atoms. The van der Waals surface area contributed by atoms with Crippen LogP contribution in [0.15, 0.2) is 77.3 Å². The highest BCUT2D eigenvalue weighted by Gasteiger charge is 2.26. The standard InChI is InChI=1S/C47H76NO11P/c1-5-7-19-27-41(49)28-21-14-10-9-11-15-22-29-42(50)30-23-18-26-34-47(52)58-43(38-57-60(53,54)56-36-35-48)37-55-46(51)33-25-17-13-12-16-24-32-45-40(4)39(3)44(59-45)31-20-8-6-2/h7,10-11,14-15,19,21-23,28-30,41-43,49-50H,5-6,8-9,12-13,16-18,20,24-27,31-38,48H2,1-4H3,(H,53,54)/b14-10-,15-11-,19-7-,28-21+,29-22+,30-23-/t41-,42-,43+/m0/s1. The van der Waals surface area contributed by atoms with E-state index in [1.54, 1.807) is 30.4 Å². The maximum atomic E-state index is 12.6. The number of carbonyl (C=O) groups excluding carboxylic acids is 2. The molecule has 0 radical (unpaired) electrons. The van der Waals surface area contributed by atoms with Gasteiger partial charge in [0.05, 0.1) is 25.4 Å². The van der Waals surface area contributed by atoms with Crippen molar-refractivity contribution in [2.24, 2.45) is 5.73 Å². The van der Waals surface area contributed by atoms with E-state index in [-0.39, 0.29) is 32.6 Å². The summed E-state index contributed by atoms with van der Waals surface area (Å²) in [5.41, 5.74) is 7.91. The van der Waals surface area contributed by atoms with Crippen molar-refractivity contribution in [1.82, 2.24) is 0 Å². The molecule has 1 rings (SSSR count). The van der Waals surface area contributed by atoms with Crippen LogP contribution in [-0.4, -0.2) is 71.7 Å². The van der Waals surface area contributed by atoms with Gasteiger partial charge in [-0.1, -0.05) is 125 Å². The van der Waals surface area contributed by atoms with Gasteiger partial charge in [0.2, 0.25) is 0 Å². The summed E-state index contributed by atoms with van der Waals surface area (Å²) in [6.45, 7) is 7.52. The molecule has 5 N–H and O–H groups in total. The van der Waals surface area contributed by atoms with Gasteiger partial charge in [0.1, 0.15) is 18.1 Å². The van der Waals surface area contributed by atoms with Gasteiger partial charge in [0, 0.05) is 32.2 Å². The summed E-state index contributed by atoms with van der Waals surface area (Å²) in [4.78, 5) is 35.0. The minimum absolute atomic E-state index is 0.00871. The number of aryl methyl sites for hydroxylation is 2. The predicted molar refractivity (Wildman–Crippen MR) is 239 cm³/mol. The van der Waals surface area contributed by atoms with Crippen molar-refractivity contribution in [1.29, 1.82) is 0 Å². The predicted octanol–water partition coefficient (Wildman–Crippen LogP) is 9.87. The largest absolute Gasteiger partial charge is 0.472 e. The third-order valence-corrected chi connectivity index (χ3v) is 10.5. The second-order valence-corrected chi connectivity index (χ2v) is 16.3. The first-order chi connectivity index (χ1) is 28.9. The Morgan fingerprint density at radius 2 is 1.37 bits per heavy atom. The molecule has 0 aliphatic heterocycles. The highest BCUT2D eigenvalue weighted by atomic mass is 31.2. The zero-order valence-electron chi connectivity index (χ0n) is 36.8. The number of nitrogens with two attached hydrogens (primary N) is 1. The lowest BCUT2D eigenvalue weighted by atomic mass is 10.0. The van der Waals surface area contributed by atoms with Gasteiger partial charge in [-0.15, -0.1) is 0 Å². The topological polar surface area (TPSA) is 188 Å². The second kappa shape index (κ2) is 35.3. The summed E-state index contributed by atoms with van der Waals surface area (Å²) in [6.07, 6.45) is 34.2. The van der Waals surface area contributed by atoms with Gasteiger partial charge in [-0.25, -0.2) is 4.57 Å². The number of esters is 2. The zero-order valence-corrected chi connectivity index (χ0v) is 37.7. The Kier molecular flexibility index (Phi) is 32.1. The van der Waals surface area contributed by atoms with Crippen LogP contribution in [-0.2, 0) is 45.5 Å². The van der Waals surface area contributed by atoms with E-state index in [0.717, 1.165) is 69.3 Å². The number of phosphoric ester groups is 1. The molecule has 0 aliphatic rings. The molecule has 13 heteroatoms. The fourth-order valence-corrected chi connectivity index (χ4v) is 6.67. The first kappa shape index (κ1) is 54.7. The Labute approximate surface area is 360 Å². The van der Waals surface area contributed by atoms with Gasteiger partial charge in [0.15, 0.2) is 6.10 Å². The summed E-state index contributed by atoms with van der Waals surface area (Å²) in [6, 6.07) is 0. The Morgan fingerprint density at radius 1 is 0.733 bits per heavy atom. The lowest BCUT2D eigenvalue weighted by Crippen LogP contribution is -2.29. The van der Waals surface area contributed by atoms with Gasteiger partial charge < -0.3 is 34.7 Å². The number of unbranched alkanes of at least 4 members (excludes halogenated alkanes) is 8. The number of allylic oxidation sites excluding steroid dienone is 8. The molecule has 1 aromatic heterocycles. The van der Waals surface area contributed by atoms with Crippen LogP contribution < -0.4 is 5.73 Å². The Balaban J connectivity index is 2.40. The second-order valence-electron chi connectivity index (χ2n) is 14.8. The van der Waals surface area contributed by atoms with Crippen LogP contribution in [0.4, 0.5) is 0 Å². The molecule has 340 valence electrons. The van der Waals surface area contributed by atoms with Crippen LogP contribution in [0.3, 0.4) is 0 Å². The van der Waals surface area contributed by atoms with E-state index in [2.05, 4.69) is 27.7 Å². The molecule has 0 fully saturated rings. The average molecular weight is 862 g/mol. The van der Waals surface area contributed by atoms with Crippen molar-refractivity contribution in [3.8, 4) is 0 Å². The maximum Gasteiger partial charge on any atom is 0.472 e. The molecule has 0 aromatic carbocycles. The monoisotopic (exact) mass is 862 g/mol. The van der Waals surface area contributed by atoms with Crippen molar-refractivity contribution < 1.29 is 52.2 Å². The van der Waals surface area contributed by atoms with Gasteiger partial charge in [-0.2, -0.15) is 0 Å². The van der Waals surface area contributed by atoms with Crippen molar-refractivity contribution >= 4 is 19.8 Å². The molecular weight excluding hydrogens is 785 g/mol. The van der Waals surface area contributed by atoms with Crippen LogP contribution in [0.25, 0.3) is 0 Å². The minimum atomic E-state index is -4.45. The molecule has 0 spiro atoms. The molecule has 1 aromatic rings. The van der Waals surface area contributed by atoms with Gasteiger partial charge in [-0.3, -0.25) is 18.6 Å². The van der Waals surface area contributed by atoms with Crippen LogP contribution >= 0.6 is 7.82 Å². The highest BCUT2D eigenvalue weighted by Crippen LogP contribution is 2.43. The van der Waals surface area contributed by atoms with Crippen LogP contribution in [0.2, 0.25) is 0 Å². The molecule has 0 amide bonds. The SMILES string of the molecule is CC/C=C\C[C@H](O)/C=C/C=C\C/C=C\C=C\[C@H](O)/C=C\CCCC(=O)O[C@H](COC(=O)CCCCCCCCc1oc(CCCCC)c(C)c1C)COP(=O)(O)OCCN. The number of ether oxygens (including phenoxy) is 2. The van der Waals surface area contributed by atoms with Crippen LogP contribution in [0, 0.1) is 13.8 Å². The number of carbonyl (C=O) groups is 2. The third-order valence-electron chi connectivity index (χ3n) is 9.48. The molecular formula is C47H76NO11P. The van der Waals surface area contributed by atoms with E-state index in [1.807, 2.05) is 42.5 Å². The van der Waals surface area contributed by atoms with Crippen LogP contribution in [0.1, 0.15) is 139 Å². The first-order valence-electron chi connectivity index (χ1n) is 22.0. The molecule has 0 saturated carbocycles. The molecule has 1 heterocycles. The van der Waals surface area contributed by atoms with Crippen LogP contribution in [0.5, 0.6) is 0 Å². The molecule has 1 unspecified atom stereocenters. The molecule has 60 heavy (non-hydrogen) atoms. The molecule has 12 nitrogen and oxygen atoms in total. The fourth-order valence-electron chi connectivity index (χ4n) is 5.90. The summed E-state index contributed by atoms with van der Waals surface area (Å²) in [5.74, 6) is 1.19. The van der Waals surface area contributed by atoms with E-state index in [0.29, 0.717) is 32.1 Å². The summed E-state index contributed by atoms with van der Waals surface area (Å²) in [7, 11) is -4.45. The Morgan fingerprint density at radius 3 is 2.03 bits per heavy atom. The van der Waals surface area contributed by atoms with Gasteiger partial charge in [-0.05, 0) is 76.3 Å². The quantitative estimate of drug-likeness (QED) is 0.0165. The van der Waals surface area contributed by atoms with E-state index in [9.17, 15) is 29.3 Å². The average Bonchev–Trinajstić information content (AvgIpc) is 3.49. The van der Waals surface area contributed by atoms with E-state index in [4.69, 9.17) is 28.7 Å². The number of furan rings is 1. The number of phosphoric acid groups is 1.